The number of hydrogen-bond acceptors (Lipinski definition) is 2. The Balaban J connectivity index is 2.03. The van der Waals surface area contributed by atoms with Gasteiger partial charge in [-0.2, -0.15) is 0 Å². The molecule has 3 heteroatoms. The van der Waals surface area contributed by atoms with Crippen molar-refractivity contribution >= 4 is 50.5 Å². The Morgan fingerprint density at radius 3 is 2.62 bits per heavy atom. The van der Waals surface area contributed by atoms with E-state index in [-0.39, 0.29) is 0 Å². The molecule has 2 aromatic carbocycles. The summed E-state index contributed by atoms with van der Waals surface area (Å²) in [4.78, 5) is 3.96. The highest BCUT2D eigenvalue weighted by atomic mass is 32.1. The lowest BCUT2D eigenvalue weighted by molar-refractivity contribution is 0.756. The van der Waals surface area contributed by atoms with Crippen molar-refractivity contribution in [2.24, 2.45) is 5.92 Å². The van der Waals surface area contributed by atoms with Crippen molar-refractivity contribution in [2.75, 3.05) is 6.54 Å². The highest BCUT2D eigenvalue weighted by Gasteiger charge is 2.34. The van der Waals surface area contributed by atoms with Crippen molar-refractivity contribution < 1.29 is 0 Å². The molecule has 1 heterocycles. The quantitative estimate of drug-likeness (QED) is 0.477. The molecule has 0 bridgehead atoms. The molecule has 0 aliphatic heterocycles. The lowest BCUT2D eigenvalue weighted by Gasteiger charge is -2.30. The van der Waals surface area contributed by atoms with Gasteiger partial charge in [0.1, 0.15) is 8.24 Å². The van der Waals surface area contributed by atoms with E-state index in [1.807, 2.05) is 11.3 Å². The van der Waals surface area contributed by atoms with Crippen molar-refractivity contribution in [3.63, 3.8) is 0 Å². The predicted molar refractivity (Wildman–Crippen MR) is 121 cm³/mol. The maximum Gasteiger partial charge on any atom is 0.148 e. The van der Waals surface area contributed by atoms with Crippen LogP contribution in [0.3, 0.4) is 0 Å². The van der Waals surface area contributed by atoms with Crippen LogP contribution in [0.1, 0.15) is 33.6 Å². The van der Waals surface area contributed by atoms with E-state index in [4.69, 9.17) is 0 Å². The second-order valence-corrected chi connectivity index (χ2v) is 13.4. The normalized spacial score (nSPS) is 17.5. The first-order valence-corrected chi connectivity index (χ1v) is 13.7. The number of benzene rings is 2. The molecule has 1 aromatic heterocycles. The van der Waals surface area contributed by atoms with Gasteiger partial charge >= 0.3 is 0 Å². The average Bonchev–Trinajstić information content (AvgIpc) is 3.11. The van der Waals surface area contributed by atoms with Crippen molar-refractivity contribution in [3.8, 4) is 0 Å². The summed E-state index contributed by atoms with van der Waals surface area (Å²) in [5.41, 5.74) is 1.56. The fourth-order valence-corrected chi connectivity index (χ4v) is 8.95. The van der Waals surface area contributed by atoms with Crippen LogP contribution < -0.4 is 15.4 Å². The molecular weight excluding hydrogens is 350 g/mol. The molecule has 26 heavy (non-hydrogen) atoms. The van der Waals surface area contributed by atoms with Crippen LogP contribution in [0.2, 0.25) is 13.1 Å². The van der Waals surface area contributed by atoms with Crippen molar-refractivity contribution in [3.05, 3.63) is 46.8 Å². The highest BCUT2D eigenvalue weighted by Crippen LogP contribution is 2.35. The van der Waals surface area contributed by atoms with E-state index in [9.17, 15) is 0 Å². The van der Waals surface area contributed by atoms with E-state index in [2.05, 4.69) is 75.2 Å². The molecule has 0 radical (unpaired) electrons. The smallest absolute Gasteiger partial charge is 0.148 e. The Morgan fingerprint density at radius 2 is 1.85 bits per heavy atom. The van der Waals surface area contributed by atoms with E-state index in [1.165, 1.54) is 43.5 Å². The van der Waals surface area contributed by atoms with Crippen LogP contribution in [0, 0.1) is 5.92 Å². The molecule has 1 unspecified atom stereocenters. The van der Waals surface area contributed by atoms with Gasteiger partial charge in [0, 0.05) is 20.2 Å². The van der Waals surface area contributed by atoms with E-state index in [0.29, 0.717) is 5.92 Å². The van der Waals surface area contributed by atoms with Gasteiger partial charge in [-0.25, -0.2) is 0 Å². The number of rotatable bonds is 5. The Bertz CT molecular complexity index is 1110. The second-order valence-electron chi connectivity index (χ2n) is 8.18. The van der Waals surface area contributed by atoms with E-state index < -0.39 is 8.24 Å². The number of fused-ring (bicyclic) bond motifs is 5. The van der Waals surface area contributed by atoms with Gasteiger partial charge in [-0.05, 0) is 48.4 Å². The summed E-state index contributed by atoms with van der Waals surface area (Å²) in [6, 6.07) is 13.7. The summed E-state index contributed by atoms with van der Waals surface area (Å²) in [5.74, 6) is 0.546. The van der Waals surface area contributed by atoms with Crippen molar-refractivity contribution in [1.29, 1.82) is 0 Å². The molecule has 1 atom stereocenters. The summed E-state index contributed by atoms with van der Waals surface area (Å²) < 4.78 is 2.83. The standard InChI is InChI=1S/C23H29NSSi/c1-6-7-14-24-26(4,5)23-16(3)15(2)21-18(23)12-13-20-22(21)17-10-8-9-11-19(17)25-20/h8-13,16,24H,6-7,14H2,1-5H3. The van der Waals surface area contributed by atoms with Gasteiger partial charge in [-0.3, -0.25) is 0 Å². The molecule has 0 saturated heterocycles. The van der Waals surface area contributed by atoms with Crippen LogP contribution in [-0.4, -0.2) is 14.8 Å². The number of nitrogens with one attached hydrogen (secondary N) is 1. The minimum absolute atomic E-state index is 0.546. The Hall–Kier alpha value is -1.42. The third kappa shape index (κ3) is 2.68. The second kappa shape index (κ2) is 6.63. The van der Waals surface area contributed by atoms with Crippen LogP contribution >= 0.6 is 11.3 Å². The van der Waals surface area contributed by atoms with E-state index >= 15 is 0 Å². The average molecular weight is 380 g/mol. The Kier molecular flexibility index (Phi) is 4.58. The summed E-state index contributed by atoms with van der Waals surface area (Å²) in [6.45, 7) is 13.2. The number of thiophene rings is 1. The number of unbranched alkanes of at least 4 members (excludes halogenated alkanes) is 1. The molecule has 4 rings (SSSR count). The van der Waals surface area contributed by atoms with Crippen LogP contribution in [-0.2, 0) is 0 Å². The van der Waals surface area contributed by atoms with Gasteiger partial charge in [0.15, 0.2) is 0 Å². The molecule has 1 aliphatic rings. The minimum Gasteiger partial charge on any atom is -0.334 e. The lowest BCUT2D eigenvalue weighted by Crippen LogP contribution is -2.50. The predicted octanol–water partition coefficient (Wildman–Crippen LogP) is 5.16. The van der Waals surface area contributed by atoms with Gasteiger partial charge in [0.25, 0.3) is 0 Å². The maximum atomic E-state index is 3.96. The molecule has 0 amide bonds. The topological polar surface area (TPSA) is 12.0 Å². The monoisotopic (exact) mass is 379 g/mol. The maximum absolute atomic E-state index is 3.96. The van der Waals surface area contributed by atoms with Gasteiger partial charge in [0.2, 0.25) is 0 Å². The molecule has 0 fully saturated rings. The zero-order chi connectivity index (χ0) is 18.5. The first-order valence-electron chi connectivity index (χ1n) is 9.86. The molecular formula is C23H29NSSi. The van der Waals surface area contributed by atoms with Gasteiger partial charge in [0.05, 0.1) is 0 Å². The minimum atomic E-state index is -1.65. The Labute approximate surface area is 161 Å². The number of hydrogen-bond donors (Lipinski definition) is 1. The molecule has 3 aromatic rings. The van der Waals surface area contributed by atoms with Crippen LogP contribution in [0.5, 0.6) is 0 Å². The lowest BCUT2D eigenvalue weighted by atomic mass is 10.0. The van der Waals surface area contributed by atoms with Crippen LogP contribution in [0.25, 0.3) is 30.9 Å². The van der Waals surface area contributed by atoms with E-state index in [1.54, 1.807) is 10.8 Å². The summed E-state index contributed by atoms with van der Waals surface area (Å²) in [5, 5.41) is 7.65. The molecule has 1 N–H and O–H groups in total. The Morgan fingerprint density at radius 1 is 1.08 bits per heavy atom. The first-order chi connectivity index (χ1) is 12.5. The van der Waals surface area contributed by atoms with Gasteiger partial charge < -0.3 is 4.98 Å². The zero-order valence-corrected chi connectivity index (χ0v) is 18.4. The SMILES string of the molecule is CCCCN[Si](C)(C)C1=c2ccc3sc4ccccc4c3c2=C(C)C1C. The van der Waals surface area contributed by atoms with E-state index in [0.717, 1.165) is 6.54 Å². The third-order valence-corrected chi connectivity index (χ3v) is 10.4. The van der Waals surface area contributed by atoms with Gasteiger partial charge in [-0.1, -0.05) is 68.4 Å². The molecule has 0 spiro atoms. The molecule has 1 aliphatic carbocycles. The summed E-state index contributed by atoms with van der Waals surface area (Å²) in [7, 11) is -1.65. The van der Waals surface area contributed by atoms with Crippen LogP contribution in [0.15, 0.2) is 36.4 Å². The van der Waals surface area contributed by atoms with Crippen molar-refractivity contribution in [2.45, 2.75) is 46.7 Å². The molecule has 1 nitrogen and oxygen atoms in total. The van der Waals surface area contributed by atoms with Gasteiger partial charge in [-0.15, -0.1) is 11.3 Å². The zero-order valence-electron chi connectivity index (χ0n) is 16.6. The van der Waals surface area contributed by atoms with Crippen LogP contribution in [0.4, 0.5) is 0 Å². The molecule has 0 saturated carbocycles. The summed E-state index contributed by atoms with van der Waals surface area (Å²) >= 11 is 1.93. The largest absolute Gasteiger partial charge is 0.334 e. The third-order valence-electron chi connectivity index (χ3n) is 6.08. The first kappa shape index (κ1) is 18.0. The molecule has 136 valence electrons. The van der Waals surface area contributed by atoms with Crippen molar-refractivity contribution in [1.82, 2.24) is 4.98 Å². The fraction of sp³-hybridized carbons (Fsp3) is 0.391. The summed E-state index contributed by atoms with van der Waals surface area (Å²) in [6.07, 6.45) is 2.52. The fourth-order valence-electron chi connectivity index (χ4n) is 4.67. The highest BCUT2D eigenvalue weighted by molar-refractivity contribution is 7.25.